The third-order valence-corrected chi connectivity index (χ3v) is 4.55. The number of benzene rings is 2. The molecule has 0 atom stereocenters. The largest absolute Gasteiger partial charge is 0.485 e. The molecule has 0 amide bonds. The van der Waals surface area contributed by atoms with Crippen molar-refractivity contribution in [3.05, 3.63) is 64.3 Å². The van der Waals surface area contributed by atoms with Crippen molar-refractivity contribution >= 4 is 39.9 Å². The summed E-state index contributed by atoms with van der Waals surface area (Å²) in [5.74, 6) is 0.342. The molecule has 0 aliphatic heterocycles. The van der Waals surface area contributed by atoms with Gasteiger partial charge in [-0.2, -0.15) is 5.26 Å². The van der Waals surface area contributed by atoms with E-state index in [0.29, 0.717) is 34.3 Å². The first-order valence-electron chi connectivity index (χ1n) is 7.66. The SMILES string of the molecule is N#CCCn1cc(C(=O)COc2ccc(Cl)c(Cl)c2)c2ccccc21. The molecule has 2 aromatic carbocycles. The Morgan fingerprint density at radius 3 is 2.72 bits per heavy atom. The number of ketones is 1. The fourth-order valence-electron chi connectivity index (χ4n) is 2.62. The van der Waals surface area contributed by atoms with Gasteiger partial charge in [0, 0.05) is 35.3 Å². The van der Waals surface area contributed by atoms with Crippen molar-refractivity contribution in [2.24, 2.45) is 0 Å². The van der Waals surface area contributed by atoms with Gasteiger partial charge in [0.25, 0.3) is 0 Å². The van der Waals surface area contributed by atoms with Crippen LogP contribution in [0.2, 0.25) is 10.0 Å². The molecular weight excluding hydrogens is 359 g/mol. The Labute approximate surface area is 155 Å². The number of para-hydroxylation sites is 1. The minimum Gasteiger partial charge on any atom is -0.485 e. The van der Waals surface area contributed by atoms with Gasteiger partial charge in [-0.25, -0.2) is 0 Å². The molecule has 0 fully saturated rings. The van der Waals surface area contributed by atoms with E-state index < -0.39 is 0 Å². The van der Waals surface area contributed by atoms with Crippen LogP contribution < -0.4 is 4.74 Å². The average molecular weight is 373 g/mol. The van der Waals surface area contributed by atoms with Crippen molar-refractivity contribution in [1.29, 1.82) is 5.26 Å². The van der Waals surface area contributed by atoms with E-state index in [2.05, 4.69) is 6.07 Å². The van der Waals surface area contributed by atoms with E-state index in [1.807, 2.05) is 28.8 Å². The topological polar surface area (TPSA) is 55.0 Å². The first kappa shape index (κ1) is 17.3. The van der Waals surface area contributed by atoms with Gasteiger partial charge in [0.2, 0.25) is 5.78 Å². The van der Waals surface area contributed by atoms with Crippen LogP contribution in [0.3, 0.4) is 0 Å². The van der Waals surface area contributed by atoms with Crippen molar-refractivity contribution in [3.63, 3.8) is 0 Å². The van der Waals surface area contributed by atoms with Crippen LogP contribution in [-0.4, -0.2) is 17.0 Å². The van der Waals surface area contributed by atoms with Crippen LogP contribution in [0.5, 0.6) is 5.75 Å². The van der Waals surface area contributed by atoms with Gasteiger partial charge < -0.3 is 9.30 Å². The highest BCUT2D eigenvalue weighted by Gasteiger charge is 2.15. The van der Waals surface area contributed by atoms with E-state index in [0.717, 1.165) is 10.9 Å². The second kappa shape index (κ2) is 7.60. The molecule has 0 aliphatic carbocycles. The van der Waals surface area contributed by atoms with E-state index in [1.165, 1.54) is 0 Å². The van der Waals surface area contributed by atoms with Crippen LogP contribution in [0, 0.1) is 11.3 Å². The maximum atomic E-state index is 12.6. The number of aryl methyl sites for hydroxylation is 1. The molecule has 4 nitrogen and oxygen atoms in total. The Bertz CT molecular complexity index is 973. The van der Waals surface area contributed by atoms with E-state index >= 15 is 0 Å². The number of nitriles is 1. The van der Waals surface area contributed by atoms with Crippen LogP contribution in [-0.2, 0) is 6.54 Å². The Hall–Kier alpha value is -2.48. The lowest BCUT2D eigenvalue weighted by atomic mass is 10.1. The summed E-state index contributed by atoms with van der Waals surface area (Å²) in [4.78, 5) is 12.6. The van der Waals surface area contributed by atoms with Gasteiger partial charge in [-0.3, -0.25) is 4.79 Å². The maximum Gasteiger partial charge on any atom is 0.202 e. The van der Waals surface area contributed by atoms with E-state index in [4.69, 9.17) is 33.2 Å². The summed E-state index contributed by atoms with van der Waals surface area (Å²) in [7, 11) is 0. The lowest BCUT2D eigenvalue weighted by Gasteiger charge is -2.06. The molecule has 25 heavy (non-hydrogen) atoms. The third kappa shape index (κ3) is 3.79. The van der Waals surface area contributed by atoms with Gasteiger partial charge >= 0.3 is 0 Å². The van der Waals surface area contributed by atoms with Crippen molar-refractivity contribution in [2.75, 3.05) is 6.61 Å². The second-order valence-electron chi connectivity index (χ2n) is 5.45. The number of Topliss-reactive ketones (excluding diaryl/α,β-unsaturated/α-hetero) is 1. The molecule has 0 unspecified atom stereocenters. The molecule has 1 heterocycles. The van der Waals surface area contributed by atoms with Gasteiger partial charge in [-0.15, -0.1) is 0 Å². The molecule has 0 N–H and O–H groups in total. The molecule has 0 bridgehead atoms. The van der Waals surface area contributed by atoms with E-state index in [1.54, 1.807) is 24.4 Å². The summed E-state index contributed by atoms with van der Waals surface area (Å²) < 4.78 is 7.46. The zero-order chi connectivity index (χ0) is 17.8. The molecular formula is C19H14Cl2N2O2. The number of ether oxygens (including phenoxy) is 1. The van der Waals surface area contributed by atoms with Crippen LogP contribution in [0.25, 0.3) is 10.9 Å². The zero-order valence-electron chi connectivity index (χ0n) is 13.2. The first-order chi connectivity index (χ1) is 12.1. The van der Waals surface area contributed by atoms with Gasteiger partial charge in [0.15, 0.2) is 6.61 Å². The molecule has 1 aromatic heterocycles. The maximum absolute atomic E-state index is 12.6. The Morgan fingerprint density at radius 2 is 1.96 bits per heavy atom. The van der Waals surface area contributed by atoms with Crippen LogP contribution in [0.15, 0.2) is 48.7 Å². The number of aromatic nitrogens is 1. The lowest BCUT2D eigenvalue weighted by molar-refractivity contribution is 0.0923. The molecule has 6 heteroatoms. The van der Waals surface area contributed by atoms with Crippen molar-refractivity contribution in [2.45, 2.75) is 13.0 Å². The number of halogens is 2. The quantitative estimate of drug-likeness (QED) is 0.564. The molecule has 0 spiro atoms. The molecule has 0 aliphatic rings. The number of nitrogens with zero attached hydrogens (tertiary/aromatic N) is 2. The van der Waals surface area contributed by atoms with Crippen LogP contribution >= 0.6 is 23.2 Å². The Morgan fingerprint density at radius 1 is 1.16 bits per heavy atom. The van der Waals surface area contributed by atoms with Crippen LogP contribution in [0.1, 0.15) is 16.8 Å². The highest BCUT2D eigenvalue weighted by molar-refractivity contribution is 6.42. The summed E-state index contributed by atoms with van der Waals surface area (Å²) in [6.45, 7) is 0.433. The number of fused-ring (bicyclic) bond motifs is 1. The Balaban J connectivity index is 1.82. The summed E-state index contributed by atoms with van der Waals surface area (Å²) >= 11 is 11.8. The average Bonchev–Trinajstić information content (AvgIpc) is 2.99. The van der Waals surface area contributed by atoms with Gasteiger partial charge in [-0.1, -0.05) is 41.4 Å². The summed E-state index contributed by atoms with van der Waals surface area (Å²) in [6, 6.07) is 14.6. The summed E-state index contributed by atoms with van der Waals surface area (Å²) in [6.07, 6.45) is 2.16. The second-order valence-corrected chi connectivity index (χ2v) is 6.26. The first-order valence-corrected chi connectivity index (χ1v) is 8.41. The zero-order valence-corrected chi connectivity index (χ0v) is 14.7. The van der Waals surface area contributed by atoms with Gasteiger partial charge in [0.1, 0.15) is 5.75 Å². The minimum absolute atomic E-state index is 0.107. The predicted octanol–water partition coefficient (Wildman–Crippen LogP) is 5.12. The van der Waals surface area contributed by atoms with E-state index in [-0.39, 0.29) is 12.4 Å². The minimum atomic E-state index is -0.141. The molecule has 0 saturated carbocycles. The monoisotopic (exact) mass is 372 g/mol. The van der Waals surface area contributed by atoms with Gasteiger partial charge in [0.05, 0.1) is 22.5 Å². The lowest BCUT2D eigenvalue weighted by Crippen LogP contribution is -2.11. The van der Waals surface area contributed by atoms with E-state index in [9.17, 15) is 4.79 Å². The number of hydrogen-bond acceptors (Lipinski definition) is 3. The smallest absolute Gasteiger partial charge is 0.202 e. The summed E-state index contributed by atoms with van der Waals surface area (Å²) in [5.41, 5.74) is 1.50. The van der Waals surface area contributed by atoms with Crippen molar-refractivity contribution in [1.82, 2.24) is 4.57 Å². The molecule has 3 rings (SSSR count). The predicted molar refractivity (Wildman–Crippen MR) is 98.5 cm³/mol. The normalized spacial score (nSPS) is 10.6. The fourth-order valence-corrected chi connectivity index (χ4v) is 2.91. The third-order valence-electron chi connectivity index (χ3n) is 3.81. The number of rotatable bonds is 6. The highest BCUT2D eigenvalue weighted by atomic mass is 35.5. The molecule has 0 saturated heterocycles. The summed E-state index contributed by atoms with van der Waals surface area (Å²) in [5, 5.41) is 10.5. The number of hydrogen-bond donors (Lipinski definition) is 0. The standard InChI is InChI=1S/C19H14Cl2N2O2/c20-16-7-6-13(10-17(16)21)25-12-19(24)15-11-23(9-3-8-22)18-5-2-1-4-14(15)18/h1-2,4-7,10-11H,3,9,12H2. The Kier molecular flexibility index (Phi) is 5.28. The fraction of sp³-hybridized carbons (Fsp3) is 0.158. The van der Waals surface area contributed by atoms with Gasteiger partial charge in [-0.05, 0) is 18.2 Å². The molecule has 126 valence electrons. The number of carbonyl (C=O) groups is 1. The van der Waals surface area contributed by atoms with Crippen molar-refractivity contribution in [3.8, 4) is 11.8 Å². The molecule has 3 aromatic rings. The van der Waals surface area contributed by atoms with Crippen molar-refractivity contribution < 1.29 is 9.53 Å². The van der Waals surface area contributed by atoms with Crippen LogP contribution in [0.4, 0.5) is 0 Å². The highest BCUT2D eigenvalue weighted by Crippen LogP contribution is 2.27. The molecule has 0 radical (unpaired) electrons. The number of carbonyl (C=O) groups excluding carboxylic acids is 1.